The summed E-state index contributed by atoms with van der Waals surface area (Å²) in [5, 5.41) is 0.739. The third-order valence-electron chi connectivity index (χ3n) is 4.72. The molecule has 2 N–H and O–H groups in total. The summed E-state index contributed by atoms with van der Waals surface area (Å²) in [6.07, 6.45) is 6.42. The van der Waals surface area contributed by atoms with Crippen molar-refractivity contribution in [3.63, 3.8) is 0 Å². The van der Waals surface area contributed by atoms with Crippen molar-refractivity contribution in [2.45, 2.75) is 51.2 Å². The number of hydrogen-bond donors (Lipinski definition) is 1. The maximum absolute atomic E-state index is 6.30. The second-order valence-corrected chi connectivity index (χ2v) is 6.64. The first-order valence-electron chi connectivity index (χ1n) is 7.35. The highest BCUT2D eigenvalue weighted by atomic mass is 35.5. The average molecular weight is 280 g/mol. The molecule has 2 aliphatic rings. The monoisotopic (exact) mass is 279 g/mol. The SMILES string of the molecule is CC1CCC(C2C[C@@H](N)c3cc(Cl)ccc3O2)CC1. The predicted molar refractivity (Wildman–Crippen MR) is 78.5 cm³/mol. The first kappa shape index (κ1) is 13.3. The highest BCUT2D eigenvalue weighted by Crippen LogP contribution is 2.41. The van der Waals surface area contributed by atoms with Gasteiger partial charge in [-0.25, -0.2) is 0 Å². The molecule has 0 saturated heterocycles. The second-order valence-electron chi connectivity index (χ2n) is 6.20. The van der Waals surface area contributed by atoms with Crippen molar-refractivity contribution in [1.29, 1.82) is 0 Å². The van der Waals surface area contributed by atoms with Crippen LogP contribution in [0.15, 0.2) is 18.2 Å². The molecule has 0 spiro atoms. The number of ether oxygens (including phenoxy) is 1. The van der Waals surface area contributed by atoms with Crippen molar-refractivity contribution >= 4 is 11.6 Å². The van der Waals surface area contributed by atoms with Crippen molar-refractivity contribution < 1.29 is 4.74 Å². The smallest absolute Gasteiger partial charge is 0.124 e. The third kappa shape index (κ3) is 2.75. The van der Waals surface area contributed by atoms with Gasteiger partial charge in [0.1, 0.15) is 11.9 Å². The molecule has 1 aliphatic heterocycles. The Kier molecular flexibility index (Phi) is 3.72. The lowest BCUT2D eigenvalue weighted by atomic mass is 9.77. The zero-order chi connectivity index (χ0) is 13.4. The van der Waals surface area contributed by atoms with Gasteiger partial charge in [-0.2, -0.15) is 0 Å². The summed E-state index contributed by atoms with van der Waals surface area (Å²) in [7, 11) is 0. The number of rotatable bonds is 1. The lowest BCUT2D eigenvalue weighted by Gasteiger charge is -2.38. The van der Waals surface area contributed by atoms with Crippen LogP contribution < -0.4 is 10.5 Å². The van der Waals surface area contributed by atoms with Crippen LogP contribution in [-0.2, 0) is 0 Å². The molecule has 104 valence electrons. The normalized spacial score (nSPS) is 34.5. The van der Waals surface area contributed by atoms with Gasteiger partial charge >= 0.3 is 0 Å². The van der Waals surface area contributed by atoms with Crippen molar-refractivity contribution in [1.82, 2.24) is 0 Å². The maximum Gasteiger partial charge on any atom is 0.124 e. The summed E-state index contributed by atoms with van der Waals surface area (Å²) < 4.78 is 6.19. The number of fused-ring (bicyclic) bond motifs is 1. The first-order valence-corrected chi connectivity index (χ1v) is 7.73. The topological polar surface area (TPSA) is 35.2 Å². The molecular formula is C16H22ClNO. The summed E-state index contributed by atoms with van der Waals surface area (Å²) in [5.41, 5.74) is 7.36. The van der Waals surface area contributed by atoms with E-state index >= 15 is 0 Å². The summed E-state index contributed by atoms with van der Waals surface area (Å²) in [4.78, 5) is 0. The van der Waals surface area contributed by atoms with E-state index in [4.69, 9.17) is 22.1 Å². The second kappa shape index (κ2) is 5.34. The fourth-order valence-corrected chi connectivity index (χ4v) is 3.63. The van der Waals surface area contributed by atoms with Gasteiger partial charge in [0.25, 0.3) is 0 Å². The highest BCUT2D eigenvalue weighted by molar-refractivity contribution is 6.30. The van der Waals surface area contributed by atoms with Crippen LogP contribution in [0.3, 0.4) is 0 Å². The lowest BCUT2D eigenvalue weighted by Crippen LogP contribution is -2.36. The van der Waals surface area contributed by atoms with E-state index in [2.05, 4.69) is 6.92 Å². The lowest BCUT2D eigenvalue weighted by molar-refractivity contribution is 0.0703. The Balaban J connectivity index is 1.75. The molecule has 1 fully saturated rings. The minimum atomic E-state index is 0.0619. The van der Waals surface area contributed by atoms with Gasteiger partial charge in [-0.05, 0) is 42.9 Å². The molecule has 0 bridgehead atoms. The molecule has 1 unspecified atom stereocenters. The van der Waals surface area contributed by atoms with Crippen LogP contribution in [0.1, 0.15) is 50.6 Å². The van der Waals surface area contributed by atoms with Crippen LogP contribution in [0.4, 0.5) is 0 Å². The molecule has 1 aliphatic carbocycles. The number of nitrogens with two attached hydrogens (primary N) is 1. The van der Waals surface area contributed by atoms with Crippen molar-refractivity contribution in [2.75, 3.05) is 0 Å². The van der Waals surface area contributed by atoms with Gasteiger partial charge in [0.15, 0.2) is 0 Å². The van der Waals surface area contributed by atoms with Gasteiger partial charge < -0.3 is 10.5 Å². The van der Waals surface area contributed by atoms with E-state index in [1.54, 1.807) is 0 Å². The van der Waals surface area contributed by atoms with Crippen LogP contribution >= 0.6 is 11.6 Å². The summed E-state index contributed by atoms with van der Waals surface area (Å²) in [5.74, 6) is 2.48. The Labute approximate surface area is 120 Å². The zero-order valence-corrected chi connectivity index (χ0v) is 12.2. The van der Waals surface area contributed by atoms with E-state index in [9.17, 15) is 0 Å². The molecule has 1 saturated carbocycles. The highest BCUT2D eigenvalue weighted by Gasteiger charge is 2.33. The summed E-state index contributed by atoms with van der Waals surface area (Å²) >= 11 is 6.03. The predicted octanol–water partition coefficient (Wildman–Crippen LogP) is 4.32. The molecule has 19 heavy (non-hydrogen) atoms. The Morgan fingerprint density at radius 3 is 2.68 bits per heavy atom. The molecule has 1 aromatic carbocycles. The van der Waals surface area contributed by atoms with E-state index in [0.29, 0.717) is 5.92 Å². The third-order valence-corrected chi connectivity index (χ3v) is 4.96. The largest absolute Gasteiger partial charge is 0.490 e. The van der Waals surface area contributed by atoms with Gasteiger partial charge in [-0.15, -0.1) is 0 Å². The van der Waals surface area contributed by atoms with Crippen LogP contribution in [0.5, 0.6) is 5.75 Å². The molecule has 1 aromatic rings. The number of benzene rings is 1. The Hall–Kier alpha value is -0.730. The van der Waals surface area contributed by atoms with Crippen molar-refractivity contribution in [3.05, 3.63) is 28.8 Å². The van der Waals surface area contributed by atoms with Crippen molar-refractivity contribution in [3.8, 4) is 5.75 Å². The molecule has 1 heterocycles. The quantitative estimate of drug-likeness (QED) is 0.831. The van der Waals surface area contributed by atoms with Crippen LogP contribution in [-0.4, -0.2) is 6.10 Å². The molecule has 0 amide bonds. The van der Waals surface area contributed by atoms with E-state index in [0.717, 1.165) is 28.7 Å². The van der Waals surface area contributed by atoms with E-state index in [-0.39, 0.29) is 12.1 Å². The van der Waals surface area contributed by atoms with Crippen LogP contribution in [0.2, 0.25) is 5.02 Å². The first-order chi connectivity index (χ1) is 9.13. The fraction of sp³-hybridized carbons (Fsp3) is 0.625. The minimum absolute atomic E-state index is 0.0619. The Bertz CT molecular complexity index is 454. The standard InChI is InChI=1S/C16H22ClNO/c1-10-2-4-11(5-3-10)16-9-14(18)13-8-12(17)6-7-15(13)19-16/h6-8,10-11,14,16H,2-5,9,18H2,1H3/t10?,11?,14-,16?/m1/s1. The maximum atomic E-state index is 6.30. The van der Waals surface area contributed by atoms with Crippen molar-refractivity contribution in [2.24, 2.45) is 17.6 Å². The van der Waals surface area contributed by atoms with E-state index in [1.807, 2.05) is 18.2 Å². The molecule has 2 atom stereocenters. The minimum Gasteiger partial charge on any atom is -0.490 e. The van der Waals surface area contributed by atoms with Gasteiger partial charge in [0.05, 0.1) is 0 Å². The fourth-order valence-electron chi connectivity index (χ4n) is 3.45. The Morgan fingerprint density at radius 1 is 1.21 bits per heavy atom. The molecule has 3 rings (SSSR count). The zero-order valence-electron chi connectivity index (χ0n) is 11.4. The summed E-state index contributed by atoms with van der Waals surface area (Å²) in [6, 6.07) is 5.86. The molecule has 0 radical (unpaired) electrons. The number of halogens is 1. The summed E-state index contributed by atoms with van der Waals surface area (Å²) in [6.45, 7) is 2.35. The molecule has 0 aromatic heterocycles. The molecular weight excluding hydrogens is 258 g/mol. The van der Waals surface area contributed by atoms with Gasteiger partial charge in [-0.3, -0.25) is 0 Å². The van der Waals surface area contributed by atoms with E-state index in [1.165, 1.54) is 25.7 Å². The Morgan fingerprint density at radius 2 is 1.95 bits per heavy atom. The molecule has 3 heteroatoms. The average Bonchev–Trinajstić information content (AvgIpc) is 2.40. The van der Waals surface area contributed by atoms with Gasteiger partial charge in [0, 0.05) is 23.0 Å². The molecule has 2 nitrogen and oxygen atoms in total. The van der Waals surface area contributed by atoms with Gasteiger partial charge in [-0.1, -0.05) is 31.4 Å². The van der Waals surface area contributed by atoms with E-state index < -0.39 is 0 Å². The number of hydrogen-bond acceptors (Lipinski definition) is 2. The van der Waals surface area contributed by atoms with Crippen LogP contribution in [0.25, 0.3) is 0 Å². The van der Waals surface area contributed by atoms with Gasteiger partial charge in [0.2, 0.25) is 0 Å². The van der Waals surface area contributed by atoms with Crippen LogP contribution in [0, 0.1) is 11.8 Å².